The highest BCUT2D eigenvalue weighted by atomic mass is 16.2. The summed E-state index contributed by atoms with van der Waals surface area (Å²) >= 11 is 0. The van der Waals surface area contributed by atoms with E-state index in [1.807, 2.05) is 31.2 Å². The Morgan fingerprint density at radius 2 is 2.11 bits per heavy atom. The first kappa shape index (κ1) is 12.6. The maximum Gasteiger partial charge on any atom is 0.246 e. The smallest absolute Gasteiger partial charge is 0.246 e. The van der Waals surface area contributed by atoms with E-state index in [2.05, 4.69) is 5.32 Å². The van der Waals surface area contributed by atoms with Crippen LogP contribution in [0.5, 0.6) is 0 Å². The first-order valence-electron chi connectivity index (χ1n) is 5.98. The summed E-state index contributed by atoms with van der Waals surface area (Å²) in [6.07, 6.45) is 0.682. The highest BCUT2D eigenvalue weighted by Gasteiger charge is 2.25. The van der Waals surface area contributed by atoms with E-state index in [1.54, 1.807) is 0 Å². The molecule has 0 spiro atoms. The first-order chi connectivity index (χ1) is 8.58. The fourth-order valence-electron chi connectivity index (χ4n) is 2.07. The molecule has 96 valence electrons. The van der Waals surface area contributed by atoms with Gasteiger partial charge in [-0.1, -0.05) is 18.2 Å². The number of amides is 2. The van der Waals surface area contributed by atoms with Gasteiger partial charge in [0.25, 0.3) is 0 Å². The molecule has 1 saturated heterocycles. The summed E-state index contributed by atoms with van der Waals surface area (Å²) in [6.45, 7) is 2.06. The van der Waals surface area contributed by atoms with Crippen LogP contribution in [-0.4, -0.2) is 30.9 Å². The average Bonchev–Trinajstić information content (AvgIpc) is 2.32. The van der Waals surface area contributed by atoms with Gasteiger partial charge in [0.05, 0.1) is 6.54 Å². The van der Waals surface area contributed by atoms with Crippen molar-refractivity contribution in [2.75, 3.05) is 18.0 Å². The molecule has 1 aromatic rings. The lowest BCUT2D eigenvalue weighted by Crippen LogP contribution is -2.52. The predicted molar refractivity (Wildman–Crippen MR) is 69.2 cm³/mol. The molecule has 1 atom stereocenters. The summed E-state index contributed by atoms with van der Waals surface area (Å²) in [5.41, 5.74) is 7.58. The molecule has 1 heterocycles. The van der Waals surface area contributed by atoms with Crippen LogP contribution < -0.4 is 16.0 Å². The van der Waals surface area contributed by atoms with Crippen LogP contribution in [0.25, 0.3) is 0 Å². The molecular weight excluding hydrogens is 230 g/mol. The van der Waals surface area contributed by atoms with Crippen LogP contribution in [0.3, 0.4) is 0 Å². The quantitative estimate of drug-likeness (QED) is 0.792. The molecule has 3 N–H and O–H groups in total. The minimum atomic E-state index is -0.134. The molecule has 0 saturated carbocycles. The molecule has 5 nitrogen and oxygen atoms in total. The Bertz CT molecular complexity index is 471. The number of piperazine rings is 1. The van der Waals surface area contributed by atoms with E-state index < -0.39 is 0 Å². The highest BCUT2D eigenvalue weighted by Crippen LogP contribution is 2.22. The molecule has 0 aromatic heterocycles. The van der Waals surface area contributed by atoms with Gasteiger partial charge in [-0.25, -0.2) is 0 Å². The van der Waals surface area contributed by atoms with Crippen molar-refractivity contribution in [3.8, 4) is 0 Å². The van der Waals surface area contributed by atoms with E-state index in [4.69, 9.17) is 5.73 Å². The zero-order valence-corrected chi connectivity index (χ0v) is 10.3. The summed E-state index contributed by atoms with van der Waals surface area (Å²) in [7, 11) is 0. The van der Waals surface area contributed by atoms with Gasteiger partial charge < -0.3 is 16.0 Å². The van der Waals surface area contributed by atoms with Gasteiger partial charge >= 0.3 is 0 Å². The topological polar surface area (TPSA) is 75.4 Å². The van der Waals surface area contributed by atoms with Gasteiger partial charge in [-0.3, -0.25) is 9.59 Å². The van der Waals surface area contributed by atoms with Crippen LogP contribution in [0.15, 0.2) is 24.3 Å². The first-order valence-corrected chi connectivity index (χ1v) is 5.98. The third kappa shape index (κ3) is 2.68. The molecule has 1 unspecified atom stereocenters. The van der Waals surface area contributed by atoms with Crippen LogP contribution >= 0.6 is 0 Å². The maximum absolute atomic E-state index is 11.9. The van der Waals surface area contributed by atoms with Crippen molar-refractivity contribution in [3.63, 3.8) is 0 Å². The Morgan fingerprint density at radius 1 is 1.39 bits per heavy atom. The normalized spacial score (nSPS) is 17.6. The number of anilines is 1. The lowest BCUT2D eigenvalue weighted by molar-refractivity contribution is -0.128. The van der Waals surface area contributed by atoms with Crippen molar-refractivity contribution >= 4 is 17.5 Å². The Kier molecular flexibility index (Phi) is 3.62. The number of nitrogens with two attached hydrogens (primary N) is 1. The highest BCUT2D eigenvalue weighted by molar-refractivity contribution is 6.04. The number of para-hydroxylation sites is 1. The van der Waals surface area contributed by atoms with Gasteiger partial charge in [0, 0.05) is 11.7 Å². The van der Waals surface area contributed by atoms with Gasteiger partial charge in [0.15, 0.2) is 0 Å². The number of nitrogens with zero attached hydrogens (tertiary/aromatic N) is 1. The molecule has 0 radical (unpaired) electrons. The van der Waals surface area contributed by atoms with Crippen molar-refractivity contribution < 1.29 is 9.59 Å². The number of benzene rings is 1. The fourth-order valence-corrected chi connectivity index (χ4v) is 2.07. The molecule has 18 heavy (non-hydrogen) atoms. The van der Waals surface area contributed by atoms with E-state index in [9.17, 15) is 9.59 Å². The van der Waals surface area contributed by atoms with E-state index in [1.165, 1.54) is 4.90 Å². The standard InChI is InChI=1S/C13H17N3O2/c1-9(14)6-10-4-2-3-5-11(10)16-8-12(17)15-7-13(16)18/h2-5,9H,6-8,14H2,1H3,(H,15,17). The van der Waals surface area contributed by atoms with Crippen molar-refractivity contribution in [2.45, 2.75) is 19.4 Å². The summed E-state index contributed by atoms with van der Waals surface area (Å²) in [5.74, 6) is -0.225. The second-order valence-corrected chi connectivity index (χ2v) is 4.57. The van der Waals surface area contributed by atoms with E-state index >= 15 is 0 Å². The van der Waals surface area contributed by atoms with Gasteiger partial charge in [-0.15, -0.1) is 0 Å². The molecule has 1 aliphatic rings. The molecule has 0 aliphatic carbocycles. The molecule has 2 rings (SSSR count). The second kappa shape index (κ2) is 5.18. The molecule has 1 aromatic carbocycles. The summed E-state index contributed by atoms with van der Waals surface area (Å²) in [5, 5.41) is 2.54. The molecule has 5 heteroatoms. The molecule has 1 aliphatic heterocycles. The lowest BCUT2D eigenvalue weighted by Gasteiger charge is -2.28. The Morgan fingerprint density at radius 3 is 2.83 bits per heavy atom. The van der Waals surface area contributed by atoms with Crippen LogP contribution in [-0.2, 0) is 16.0 Å². The van der Waals surface area contributed by atoms with Gasteiger partial charge in [-0.2, -0.15) is 0 Å². The third-order valence-corrected chi connectivity index (χ3v) is 2.86. The van der Waals surface area contributed by atoms with Crippen molar-refractivity contribution in [1.29, 1.82) is 0 Å². The molecule has 0 bridgehead atoms. The van der Waals surface area contributed by atoms with E-state index in [0.717, 1.165) is 11.3 Å². The van der Waals surface area contributed by atoms with E-state index in [-0.39, 0.29) is 30.9 Å². The Labute approximate surface area is 106 Å². The van der Waals surface area contributed by atoms with Crippen molar-refractivity contribution in [2.24, 2.45) is 5.73 Å². The number of rotatable bonds is 3. The van der Waals surface area contributed by atoms with Gasteiger partial charge in [0.2, 0.25) is 11.8 Å². The van der Waals surface area contributed by atoms with E-state index in [0.29, 0.717) is 6.42 Å². The van der Waals surface area contributed by atoms with Crippen LogP contribution in [0.4, 0.5) is 5.69 Å². The summed E-state index contributed by atoms with van der Waals surface area (Å²) in [4.78, 5) is 24.8. The van der Waals surface area contributed by atoms with Crippen LogP contribution in [0, 0.1) is 0 Å². The number of nitrogens with one attached hydrogen (secondary N) is 1. The SMILES string of the molecule is CC(N)Cc1ccccc1N1CC(=O)NCC1=O. The zero-order chi connectivity index (χ0) is 13.1. The molecule has 2 amide bonds. The van der Waals surface area contributed by atoms with Gasteiger partial charge in [-0.05, 0) is 25.0 Å². The molecule has 1 fully saturated rings. The van der Waals surface area contributed by atoms with Crippen molar-refractivity contribution in [3.05, 3.63) is 29.8 Å². The largest absolute Gasteiger partial charge is 0.345 e. The van der Waals surface area contributed by atoms with Crippen LogP contribution in [0.1, 0.15) is 12.5 Å². The fraction of sp³-hybridized carbons (Fsp3) is 0.385. The number of carbonyl (C=O) groups excluding carboxylic acids is 2. The number of carbonyl (C=O) groups is 2. The monoisotopic (exact) mass is 247 g/mol. The molecular formula is C13H17N3O2. The lowest BCUT2D eigenvalue weighted by atomic mass is 10.0. The maximum atomic E-state index is 11.9. The predicted octanol–water partition coefficient (Wildman–Crippen LogP) is 0.0391. The zero-order valence-electron chi connectivity index (χ0n) is 10.3. The van der Waals surface area contributed by atoms with Crippen molar-refractivity contribution in [1.82, 2.24) is 5.32 Å². The summed E-state index contributed by atoms with van der Waals surface area (Å²) in [6, 6.07) is 7.59. The number of hydrogen-bond donors (Lipinski definition) is 2. The Hall–Kier alpha value is -1.88. The minimum absolute atomic E-state index is 0.0138. The second-order valence-electron chi connectivity index (χ2n) is 4.57. The van der Waals surface area contributed by atoms with Gasteiger partial charge in [0.1, 0.15) is 6.54 Å². The summed E-state index contributed by atoms with van der Waals surface area (Å²) < 4.78 is 0. The average molecular weight is 247 g/mol. The number of hydrogen-bond acceptors (Lipinski definition) is 3. The Balaban J connectivity index is 2.31. The third-order valence-electron chi connectivity index (χ3n) is 2.86. The van der Waals surface area contributed by atoms with Crippen LogP contribution in [0.2, 0.25) is 0 Å². The minimum Gasteiger partial charge on any atom is -0.345 e.